The maximum atomic E-state index is 12.0. The van der Waals surface area contributed by atoms with Crippen molar-refractivity contribution in [3.63, 3.8) is 0 Å². The molecule has 19 heavy (non-hydrogen) atoms. The van der Waals surface area contributed by atoms with E-state index in [0.717, 1.165) is 5.56 Å². The summed E-state index contributed by atoms with van der Waals surface area (Å²) in [6.45, 7) is 3.35. The first-order valence-electron chi connectivity index (χ1n) is 6.14. The number of aliphatic hydroxyl groups is 1. The number of imide groups is 1. The Bertz CT molecular complexity index is 545. The highest BCUT2D eigenvalue weighted by molar-refractivity contribution is 6.21. The summed E-state index contributed by atoms with van der Waals surface area (Å²) in [6, 6.07) is 6.85. The fraction of sp³-hybridized carbons (Fsp3) is 0.333. The highest BCUT2D eigenvalue weighted by Crippen LogP contribution is 2.30. The molecule has 0 radical (unpaired) electrons. The molecule has 1 N–H and O–H groups in total. The van der Waals surface area contributed by atoms with Crippen molar-refractivity contribution in [2.24, 2.45) is 11.8 Å². The fourth-order valence-corrected chi connectivity index (χ4v) is 2.03. The molecule has 0 spiro atoms. The van der Waals surface area contributed by atoms with Gasteiger partial charge in [-0.2, -0.15) is 0 Å². The molecule has 2 unspecified atom stereocenters. The Hall–Kier alpha value is -2.12. The van der Waals surface area contributed by atoms with E-state index in [2.05, 4.69) is 11.8 Å². The number of hydrogen-bond donors (Lipinski definition) is 1. The van der Waals surface area contributed by atoms with Crippen molar-refractivity contribution in [3.05, 3.63) is 29.8 Å². The minimum Gasteiger partial charge on any atom is -0.384 e. The van der Waals surface area contributed by atoms with E-state index < -0.39 is 0 Å². The number of benzene rings is 1. The zero-order chi connectivity index (χ0) is 14.0. The number of aliphatic hydroxyl groups excluding tert-OH is 1. The van der Waals surface area contributed by atoms with E-state index in [1.807, 2.05) is 0 Å². The lowest BCUT2D eigenvalue weighted by Gasteiger charge is -2.14. The summed E-state index contributed by atoms with van der Waals surface area (Å²) >= 11 is 0. The number of hydrogen-bond acceptors (Lipinski definition) is 3. The van der Waals surface area contributed by atoms with Gasteiger partial charge in [0, 0.05) is 17.4 Å². The SMILES string of the molecule is CC1C(=O)N(c2ccc(C#CCO)cc2)C(=O)C1C. The number of carbonyl (C=O) groups is 2. The van der Waals surface area contributed by atoms with Crippen LogP contribution in [-0.2, 0) is 9.59 Å². The minimum atomic E-state index is -0.277. The van der Waals surface area contributed by atoms with Crippen LogP contribution in [0.1, 0.15) is 19.4 Å². The first-order chi connectivity index (χ1) is 9.06. The zero-order valence-corrected chi connectivity index (χ0v) is 10.9. The third-order valence-corrected chi connectivity index (χ3v) is 3.41. The Kier molecular flexibility index (Phi) is 3.68. The van der Waals surface area contributed by atoms with Gasteiger partial charge in [0.25, 0.3) is 0 Å². The normalized spacial score (nSPS) is 22.4. The predicted octanol–water partition coefficient (Wildman–Crippen LogP) is 1.18. The maximum absolute atomic E-state index is 12.0. The lowest BCUT2D eigenvalue weighted by molar-refractivity contribution is -0.122. The van der Waals surface area contributed by atoms with Gasteiger partial charge in [-0.25, -0.2) is 0 Å². The predicted molar refractivity (Wildman–Crippen MR) is 71.2 cm³/mol. The zero-order valence-electron chi connectivity index (χ0n) is 10.9. The second kappa shape index (κ2) is 5.25. The average molecular weight is 257 g/mol. The van der Waals surface area contributed by atoms with E-state index in [0.29, 0.717) is 5.69 Å². The third-order valence-electron chi connectivity index (χ3n) is 3.41. The summed E-state index contributed by atoms with van der Waals surface area (Å²) in [5.74, 6) is 4.43. The molecule has 0 aromatic heterocycles. The summed E-state index contributed by atoms with van der Waals surface area (Å²) in [5, 5.41) is 8.61. The molecule has 2 amide bonds. The number of anilines is 1. The van der Waals surface area contributed by atoms with Crippen molar-refractivity contribution >= 4 is 17.5 Å². The Balaban J connectivity index is 2.28. The monoisotopic (exact) mass is 257 g/mol. The van der Waals surface area contributed by atoms with Crippen molar-refractivity contribution in [2.45, 2.75) is 13.8 Å². The molecule has 98 valence electrons. The molecular weight excluding hydrogens is 242 g/mol. The molecule has 2 rings (SSSR count). The largest absolute Gasteiger partial charge is 0.384 e. The molecule has 1 aromatic rings. The van der Waals surface area contributed by atoms with Crippen LogP contribution < -0.4 is 4.90 Å². The Labute approximate surface area is 112 Å². The number of nitrogens with zero attached hydrogens (tertiary/aromatic N) is 1. The van der Waals surface area contributed by atoms with Crippen LogP contribution in [0.3, 0.4) is 0 Å². The van der Waals surface area contributed by atoms with Crippen LogP contribution in [0, 0.1) is 23.7 Å². The van der Waals surface area contributed by atoms with Crippen LogP contribution >= 0.6 is 0 Å². The average Bonchev–Trinajstić information content (AvgIpc) is 2.62. The molecular formula is C15H15NO3. The van der Waals surface area contributed by atoms with Crippen molar-refractivity contribution in [1.82, 2.24) is 0 Å². The molecule has 4 nitrogen and oxygen atoms in total. The van der Waals surface area contributed by atoms with E-state index in [1.165, 1.54) is 4.90 Å². The van der Waals surface area contributed by atoms with Crippen molar-refractivity contribution < 1.29 is 14.7 Å². The lowest BCUT2D eigenvalue weighted by atomic mass is 10.00. The lowest BCUT2D eigenvalue weighted by Crippen LogP contribution is -2.30. The van der Waals surface area contributed by atoms with Crippen LogP contribution in [0.4, 0.5) is 5.69 Å². The van der Waals surface area contributed by atoms with Crippen LogP contribution in [0.2, 0.25) is 0 Å². The molecule has 1 aliphatic rings. The summed E-state index contributed by atoms with van der Waals surface area (Å²) < 4.78 is 0. The van der Waals surface area contributed by atoms with Gasteiger partial charge >= 0.3 is 0 Å². The van der Waals surface area contributed by atoms with Crippen molar-refractivity contribution in [2.75, 3.05) is 11.5 Å². The fourth-order valence-electron chi connectivity index (χ4n) is 2.03. The van der Waals surface area contributed by atoms with Crippen molar-refractivity contribution in [3.8, 4) is 11.8 Å². The topological polar surface area (TPSA) is 57.6 Å². The molecule has 0 saturated carbocycles. The summed E-state index contributed by atoms with van der Waals surface area (Å²) in [6.07, 6.45) is 0. The Morgan fingerprint density at radius 2 is 1.63 bits per heavy atom. The highest BCUT2D eigenvalue weighted by atomic mass is 16.2. The molecule has 1 aliphatic heterocycles. The first kappa shape index (κ1) is 13.3. The second-order valence-electron chi connectivity index (χ2n) is 4.60. The van der Waals surface area contributed by atoms with Gasteiger partial charge in [-0.1, -0.05) is 25.7 Å². The van der Waals surface area contributed by atoms with Gasteiger partial charge in [0.05, 0.1) is 5.69 Å². The molecule has 1 heterocycles. The van der Waals surface area contributed by atoms with Gasteiger partial charge in [-0.15, -0.1) is 0 Å². The molecule has 2 atom stereocenters. The van der Waals surface area contributed by atoms with Gasteiger partial charge in [0.1, 0.15) is 6.61 Å². The summed E-state index contributed by atoms with van der Waals surface area (Å²) in [5.41, 5.74) is 1.30. The highest BCUT2D eigenvalue weighted by Gasteiger charge is 2.42. The number of rotatable bonds is 1. The summed E-state index contributed by atoms with van der Waals surface area (Å²) in [7, 11) is 0. The number of amides is 2. The van der Waals surface area contributed by atoms with Crippen LogP contribution in [0.15, 0.2) is 24.3 Å². The molecule has 1 saturated heterocycles. The first-order valence-corrected chi connectivity index (χ1v) is 6.14. The quantitative estimate of drug-likeness (QED) is 0.607. The standard InChI is InChI=1S/C15H15NO3/c1-10-11(2)15(19)16(14(10)18)13-7-5-12(6-8-13)4-3-9-17/h5-8,10-11,17H,9H2,1-2H3. The Morgan fingerprint density at radius 1 is 1.11 bits per heavy atom. The van der Waals surface area contributed by atoms with Gasteiger partial charge in [-0.3, -0.25) is 14.5 Å². The van der Waals surface area contributed by atoms with Crippen LogP contribution in [0.25, 0.3) is 0 Å². The molecule has 1 fully saturated rings. The van der Waals surface area contributed by atoms with E-state index in [9.17, 15) is 9.59 Å². The minimum absolute atomic E-state index is 0.160. The van der Waals surface area contributed by atoms with Gasteiger partial charge < -0.3 is 5.11 Å². The molecule has 0 aliphatic carbocycles. The number of carbonyl (C=O) groups excluding carboxylic acids is 2. The molecule has 0 bridgehead atoms. The van der Waals surface area contributed by atoms with Gasteiger partial charge in [-0.05, 0) is 24.3 Å². The second-order valence-corrected chi connectivity index (χ2v) is 4.60. The van der Waals surface area contributed by atoms with Crippen LogP contribution in [-0.4, -0.2) is 23.5 Å². The smallest absolute Gasteiger partial charge is 0.237 e. The van der Waals surface area contributed by atoms with Crippen molar-refractivity contribution in [1.29, 1.82) is 0 Å². The van der Waals surface area contributed by atoms with E-state index >= 15 is 0 Å². The van der Waals surface area contributed by atoms with Crippen LogP contribution in [0.5, 0.6) is 0 Å². The molecule has 1 aromatic carbocycles. The third kappa shape index (κ3) is 2.38. The van der Waals surface area contributed by atoms with Gasteiger partial charge in [0.15, 0.2) is 0 Å². The van der Waals surface area contributed by atoms with Gasteiger partial charge in [0.2, 0.25) is 11.8 Å². The van der Waals surface area contributed by atoms with E-state index in [-0.39, 0.29) is 30.3 Å². The molecule has 4 heteroatoms. The maximum Gasteiger partial charge on any atom is 0.237 e. The Morgan fingerprint density at radius 3 is 2.11 bits per heavy atom. The summed E-state index contributed by atoms with van der Waals surface area (Å²) in [4.78, 5) is 25.3. The van der Waals surface area contributed by atoms with E-state index in [1.54, 1.807) is 38.1 Å². The van der Waals surface area contributed by atoms with E-state index in [4.69, 9.17) is 5.11 Å².